The van der Waals surface area contributed by atoms with Crippen LogP contribution in [-0.4, -0.2) is 57.9 Å². The number of carbonyl (C=O) groups is 2. The number of amides is 2. The lowest BCUT2D eigenvalue weighted by Crippen LogP contribution is -2.40. The third kappa shape index (κ3) is 5.35. The molecule has 0 atom stereocenters. The Kier molecular flexibility index (Phi) is 7.65. The highest BCUT2D eigenvalue weighted by Gasteiger charge is 2.28. The first-order valence-electron chi connectivity index (χ1n) is 10.5. The van der Waals surface area contributed by atoms with Crippen LogP contribution in [0.4, 0.5) is 11.4 Å². The van der Waals surface area contributed by atoms with E-state index in [1.807, 2.05) is 26.0 Å². The smallest absolute Gasteiger partial charge is 0.243 e. The highest BCUT2D eigenvalue weighted by atomic mass is 32.2. The van der Waals surface area contributed by atoms with E-state index in [1.165, 1.54) is 19.2 Å². The quantitative estimate of drug-likeness (QED) is 0.622. The molecule has 32 heavy (non-hydrogen) atoms. The second kappa shape index (κ2) is 10.2. The van der Waals surface area contributed by atoms with Crippen LogP contribution >= 0.6 is 0 Å². The predicted octanol–water partition coefficient (Wildman–Crippen LogP) is 2.71. The van der Waals surface area contributed by atoms with Gasteiger partial charge in [-0.15, -0.1) is 0 Å². The van der Waals surface area contributed by atoms with Gasteiger partial charge in [-0.2, -0.15) is 4.31 Å². The van der Waals surface area contributed by atoms with E-state index >= 15 is 0 Å². The number of benzene rings is 2. The highest BCUT2D eigenvalue weighted by Crippen LogP contribution is 2.25. The molecular formula is C23H29N3O5S. The SMILES string of the molecule is COCCN(CC(=O)Nc1cccc(C)c1C)S(=O)(=O)c1ccc(N2CCCC2=O)cc1. The van der Waals surface area contributed by atoms with E-state index in [9.17, 15) is 18.0 Å². The van der Waals surface area contributed by atoms with Crippen LogP contribution in [0.1, 0.15) is 24.0 Å². The van der Waals surface area contributed by atoms with Gasteiger partial charge in [0.15, 0.2) is 0 Å². The van der Waals surface area contributed by atoms with Crippen molar-refractivity contribution in [3.63, 3.8) is 0 Å². The third-order valence-corrected chi connectivity index (χ3v) is 7.46. The number of hydrogen-bond acceptors (Lipinski definition) is 5. The van der Waals surface area contributed by atoms with Crippen molar-refractivity contribution < 1.29 is 22.7 Å². The van der Waals surface area contributed by atoms with Crippen LogP contribution in [0.5, 0.6) is 0 Å². The molecule has 0 aliphatic carbocycles. The number of nitrogens with one attached hydrogen (secondary N) is 1. The second-order valence-corrected chi connectivity index (χ2v) is 9.71. The van der Waals surface area contributed by atoms with Crippen molar-refractivity contribution in [3.8, 4) is 0 Å². The van der Waals surface area contributed by atoms with Crippen LogP contribution in [-0.2, 0) is 24.3 Å². The Hall–Kier alpha value is -2.75. The summed E-state index contributed by atoms with van der Waals surface area (Å²) in [6.07, 6.45) is 1.29. The Bertz CT molecular complexity index is 1080. The monoisotopic (exact) mass is 459 g/mol. The zero-order chi connectivity index (χ0) is 23.3. The zero-order valence-electron chi connectivity index (χ0n) is 18.6. The van der Waals surface area contributed by atoms with Gasteiger partial charge < -0.3 is 15.0 Å². The molecule has 8 nitrogen and oxygen atoms in total. The van der Waals surface area contributed by atoms with E-state index in [0.29, 0.717) is 24.3 Å². The van der Waals surface area contributed by atoms with Gasteiger partial charge >= 0.3 is 0 Å². The lowest BCUT2D eigenvalue weighted by Gasteiger charge is -2.22. The minimum absolute atomic E-state index is 0.0328. The van der Waals surface area contributed by atoms with Gasteiger partial charge in [0.1, 0.15) is 0 Å². The molecule has 9 heteroatoms. The first-order chi connectivity index (χ1) is 15.2. The Morgan fingerprint density at radius 2 is 1.88 bits per heavy atom. The second-order valence-electron chi connectivity index (χ2n) is 7.77. The number of methoxy groups -OCH3 is 1. The van der Waals surface area contributed by atoms with Crippen molar-refractivity contribution in [2.24, 2.45) is 0 Å². The van der Waals surface area contributed by atoms with Gasteiger partial charge in [-0.1, -0.05) is 12.1 Å². The van der Waals surface area contributed by atoms with Crippen molar-refractivity contribution in [2.45, 2.75) is 31.6 Å². The Labute approximate surface area is 189 Å². The van der Waals surface area contributed by atoms with Gasteiger partial charge in [0.25, 0.3) is 0 Å². The molecule has 0 bridgehead atoms. The summed E-state index contributed by atoms with van der Waals surface area (Å²) in [5, 5.41) is 2.80. The summed E-state index contributed by atoms with van der Waals surface area (Å²) < 4.78 is 32.7. The average molecular weight is 460 g/mol. The summed E-state index contributed by atoms with van der Waals surface area (Å²) in [6, 6.07) is 11.8. The minimum Gasteiger partial charge on any atom is -0.383 e. The lowest BCUT2D eigenvalue weighted by atomic mass is 10.1. The molecule has 0 spiro atoms. The molecule has 0 unspecified atom stereocenters. The van der Waals surface area contributed by atoms with Crippen LogP contribution in [0.2, 0.25) is 0 Å². The van der Waals surface area contributed by atoms with E-state index in [4.69, 9.17) is 4.74 Å². The van der Waals surface area contributed by atoms with Crippen molar-refractivity contribution in [2.75, 3.05) is 43.6 Å². The van der Waals surface area contributed by atoms with Crippen LogP contribution in [0.15, 0.2) is 47.4 Å². The number of ether oxygens (including phenoxy) is 1. The highest BCUT2D eigenvalue weighted by molar-refractivity contribution is 7.89. The standard InChI is InChI=1S/C23H29N3O5S/c1-17-6-4-7-21(18(17)2)24-22(27)16-25(14-15-31-3)32(29,30)20-11-9-19(10-12-20)26-13-5-8-23(26)28/h4,6-7,9-12H,5,8,13-16H2,1-3H3,(H,24,27). The number of aryl methyl sites for hydroxylation is 1. The topological polar surface area (TPSA) is 96.0 Å². The van der Waals surface area contributed by atoms with Crippen LogP contribution < -0.4 is 10.2 Å². The van der Waals surface area contributed by atoms with Gasteiger partial charge in [-0.3, -0.25) is 9.59 Å². The van der Waals surface area contributed by atoms with Gasteiger partial charge in [0.05, 0.1) is 18.0 Å². The van der Waals surface area contributed by atoms with E-state index in [2.05, 4.69) is 5.32 Å². The molecule has 2 aromatic rings. The first-order valence-corrected chi connectivity index (χ1v) is 11.9. The molecular weight excluding hydrogens is 430 g/mol. The van der Waals surface area contributed by atoms with Gasteiger partial charge in [-0.05, 0) is 61.7 Å². The summed E-state index contributed by atoms with van der Waals surface area (Å²) in [5.41, 5.74) is 3.28. The summed E-state index contributed by atoms with van der Waals surface area (Å²) in [6.45, 7) is 4.31. The maximum Gasteiger partial charge on any atom is 0.243 e. The summed E-state index contributed by atoms with van der Waals surface area (Å²) in [5.74, 6) is -0.400. The first kappa shape index (κ1) is 23.9. The molecule has 1 aliphatic heterocycles. The van der Waals surface area contributed by atoms with Gasteiger partial charge in [0, 0.05) is 38.0 Å². The van der Waals surface area contributed by atoms with Crippen molar-refractivity contribution in [1.82, 2.24) is 4.31 Å². The fraction of sp³-hybridized carbons (Fsp3) is 0.391. The molecule has 3 rings (SSSR count). The van der Waals surface area contributed by atoms with E-state index < -0.39 is 15.9 Å². The largest absolute Gasteiger partial charge is 0.383 e. The maximum absolute atomic E-state index is 13.3. The number of sulfonamides is 1. The number of carbonyl (C=O) groups excluding carboxylic acids is 2. The Balaban J connectivity index is 1.78. The molecule has 1 heterocycles. The maximum atomic E-state index is 13.3. The van der Waals surface area contributed by atoms with Crippen LogP contribution in [0.25, 0.3) is 0 Å². The Morgan fingerprint density at radius 3 is 2.50 bits per heavy atom. The van der Waals surface area contributed by atoms with E-state index in [1.54, 1.807) is 23.1 Å². The molecule has 0 aromatic heterocycles. The van der Waals surface area contributed by atoms with Gasteiger partial charge in [-0.25, -0.2) is 8.42 Å². The molecule has 1 aliphatic rings. The van der Waals surface area contributed by atoms with Crippen molar-refractivity contribution in [3.05, 3.63) is 53.6 Å². The molecule has 2 amide bonds. The number of hydrogen-bond donors (Lipinski definition) is 1. The fourth-order valence-corrected chi connectivity index (χ4v) is 4.96. The Morgan fingerprint density at radius 1 is 1.16 bits per heavy atom. The molecule has 2 aromatic carbocycles. The molecule has 1 fully saturated rings. The van der Waals surface area contributed by atoms with Crippen molar-refractivity contribution >= 4 is 33.2 Å². The number of nitrogens with zero attached hydrogens (tertiary/aromatic N) is 2. The zero-order valence-corrected chi connectivity index (χ0v) is 19.4. The normalized spacial score (nSPS) is 14.2. The average Bonchev–Trinajstić information content (AvgIpc) is 3.20. The molecule has 1 saturated heterocycles. The fourth-order valence-electron chi connectivity index (χ4n) is 3.58. The van der Waals surface area contributed by atoms with E-state index in [0.717, 1.165) is 21.9 Å². The van der Waals surface area contributed by atoms with Crippen LogP contribution in [0.3, 0.4) is 0 Å². The molecule has 0 saturated carbocycles. The number of rotatable bonds is 9. The van der Waals surface area contributed by atoms with Crippen LogP contribution in [0, 0.1) is 13.8 Å². The molecule has 0 radical (unpaired) electrons. The lowest BCUT2D eigenvalue weighted by molar-refractivity contribution is -0.117. The van der Waals surface area contributed by atoms with Gasteiger partial charge in [0.2, 0.25) is 21.8 Å². The number of anilines is 2. The summed E-state index contributed by atoms with van der Waals surface area (Å²) >= 11 is 0. The molecule has 172 valence electrons. The van der Waals surface area contributed by atoms with E-state index in [-0.39, 0.29) is 30.5 Å². The predicted molar refractivity (Wildman–Crippen MR) is 123 cm³/mol. The minimum atomic E-state index is -3.94. The third-order valence-electron chi connectivity index (χ3n) is 5.60. The summed E-state index contributed by atoms with van der Waals surface area (Å²) in [7, 11) is -2.47. The molecule has 1 N–H and O–H groups in total. The van der Waals surface area contributed by atoms with Crippen molar-refractivity contribution in [1.29, 1.82) is 0 Å². The summed E-state index contributed by atoms with van der Waals surface area (Å²) in [4.78, 5) is 26.3.